The molecule has 4 N–H and O–H groups in total. The van der Waals surface area contributed by atoms with E-state index in [2.05, 4.69) is 10.3 Å². The molecule has 0 spiro atoms. The van der Waals surface area contributed by atoms with Gasteiger partial charge in [0.1, 0.15) is 5.82 Å². The maximum absolute atomic E-state index is 12.6. The lowest BCUT2D eigenvalue weighted by Crippen LogP contribution is -2.40. The van der Waals surface area contributed by atoms with E-state index in [1.807, 2.05) is 30.3 Å². The molecule has 10 heteroatoms. The molecule has 0 saturated carbocycles. The molecule has 3 rings (SSSR count). The molecule has 0 fully saturated rings. The molecule has 0 unspecified atom stereocenters. The van der Waals surface area contributed by atoms with Crippen molar-refractivity contribution in [2.75, 3.05) is 24.2 Å². The Morgan fingerprint density at radius 2 is 1.75 bits per heavy atom. The summed E-state index contributed by atoms with van der Waals surface area (Å²) >= 11 is 5.81. The molecule has 0 radical (unpaired) electrons. The Morgan fingerprint density at radius 3 is 2.41 bits per heavy atom. The number of amides is 2. The number of nitrogens with two attached hydrogens (primary N) is 1. The molecular formula is C22H22ClN5O4. The third-order valence-electron chi connectivity index (χ3n) is 4.84. The summed E-state index contributed by atoms with van der Waals surface area (Å²) in [6.45, 7) is 0.181. The third-order valence-corrected chi connectivity index (χ3v) is 5.09. The lowest BCUT2D eigenvalue weighted by molar-refractivity contribution is -0.118. The van der Waals surface area contributed by atoms with Gasteiger partial charge < -0.3 is 16.0 Å². The summed E-state index contributed by atoms with van der Waals surface area (Å²) in [6, 6.07) is 15.4. The van der Waals surface area contributed by atoms with E-state index in [1.165, 1.54) is 11.6 Å². The number of benzene rings is 2. The first-order valence-electron chi connectivity index (χ1n) is 9.74. The Labute approximate surface area is 188 Å². The molecule has 0 aliphatic rings. The topological polar surface area (TPSA) is 130 Å². The smallest absolute Gasteiger partial charge is 0.330 e. The number of rotatable bonds is 7. The summed E-state index contributed by atoms with van der Waals surface area (Å²) in [6.07, 6.45) is -0.0769. The van der Waals surface area contributed by atoms with Gasteiger partial charge in [0.2, 0.25) is 5.91 Å². The summed E-state index contributed by atoms with van der Waals surface area (Å²) in [5.74, 6) is -0.932. The van der Waals surface area contributed by atoms with Gasteiger partial charge in [0.15, 0.2) is 5.69 Å². The second-order valence-corrected chi connectivity index (χ2v) is 7.47. The minimum atomic E-state index is -0.766. The number of nitrogen functional groups attached to an aromatic ring is 1. The summed E-state index contributed by atoms with van der Waals surface area (Å²) < 4.78 is 1.19. The molecule has 0 aliphatic carbocycles. The van der Waals surface area contributed by atoms with E-state index < -0.39 is 17.2 Å². The van der Waals surface area contributed by atoms with Crippen LogP contribution in [-0.4, -0.2) is 35.0 Å². The maximum atomic E-state index is 12.6. The van der Waals surface area contributed by atoms with Crippen LogP contribution >= 0.6 is 11.6 Å². The molecule has 166 valence electrons. The van der Waals surface area contributed by atoms with Crippen molar-refractivity contribution in [1.82, 2.24) is 14.9 Å². The Balaban J connectivity index is 1.71. The molecule has 2 aromatic carbocycles. The first-order valence-corrected chi connectivity index (χ1v) is 10.1. The van der Waals surface area contributed by atoms with Crippen LogP contribution in [0.1, 0.15) is 22.3 Å². The van der Waals surface area contributed by atoms with Gasteiger partial charge in [-0.05, 0) is 29.8 Å². The van der Waals surface area contributed by atoms with Crippen molar-refractivity contribution in [3.05, 3.63) is 91.6 Å². The Kier molecular flexibility index (Phi) is 7.11. The van der Waals surface area contributed by atoms with Crippen molar-refractivity contribution in [3.8, 4) is 0 Å². The van der Waals surface area contributed by atoms with Crippen LogP contribution in [0.3, 0.4) is 0 Å². The fourth-order valence-corrected chi connectivity index (χ4v) is 3.23. The highest BCUT2D eigenvalue weighted by molar-refractivity contribution is 6.30. The van der Waals surface area contributed by atoms with E-state index in [0.29, 0.717) is 10.6 Å². The van der Waals surface area contributed by atoms with Gasteiger partial charge in [-0.2, -0.15) is 0 Å². The monoisotopic (exact) mass is 455 g/mol. The predicted molar refractivity (Wildman–Crippen MR) is 123 cm³/mol. The number of anilines is 2. The molecule has 0 aliphatic heterocycles. The van der Waals surface area contributed by atoms with Crippen molar-refractivity contribution in [2.24, 2.45) is 0 Å². The molecule has 1 heterocycles. The van der Waals surface area contributed by atoms with Crippen LogP contribution < -0.4 is 27.2 Å². The Bertz CT molecular complexity index is 1240. The number of hydrogen-bond donors (Lipinski definition) is 3. The van der Waals surface area contributed by atoms with Crippen LogP contribution in [0.2, 0.25) is 5.02 Å². The Hall–Kier alpha value is -3.85. The highest BCUT2D eigenvalue weighted by Crippen LogP contribution is 2.17. The van der Waals surface area contributed by atoms with Gasteiger partial charge in [-0.1, -0.05) is 41.9 Å². The number of H-pyrrole nitrogens is 1. The quantitative estimate of drug-likeness (QED) is 0.498. The SMILES string of the molecule is CN(C(=O)CCNC(=O)c1ccc(Cl)cc1)c1c(N)n(Cc2ccccc2)c(=O)[nH]c1=O. The van der Waals surface area contributed by atoms with Gasteiger partial charge in [-0.3, -0.25) is 23.9 Å². The van der Waals surface area contributed by atoms with Gasteiger partial charge in [0.25, 0.3) is 11.5 Å². The first kappa shape index (κ1) is 22.8. The van der Waals surface area contributed by atoms with E-state index in [0.717, 1.165) is 10.5 Å². The number of carbonyl (C=O) groups is 2. The molecule has 32 heavy (non-hydrogen) atoms. The molecule has 0 saturated heterocycles. The normalized spacial score (nSPS) is 10.6. The van der Waals surface area contributed by atoms with Crippen LogP contribution in [0.15, 0.2) is 64.2 Å². The summed E-state index contributed by atoms with van der Waals surface area (Å²) in [5.41, 5.74) is 5.75. The number of carbonyl (C=O) groups excluding carboxylic acids is 2. The average Bonchev–Trinajstić information content (AvgIpc) is 2.77. The number of halogens is 1. The van der Waals surface area contributed by atoms with Crippen LogP contribution in [0, 0.1) is 0 Å². The molecule has 1 aromatic heterocycles. The van der Waals surface area contributed by atoms with Crippen molar-refractivity contribution in [2.45, 2.75) is 13.0 Å². The number of nitrogens with one attached hydrogen (secondary N) is 2. The van der Waals surface area contributed by atoms with Crippen LogP contribution in [0.4, 0.5) is 11.5 Å². The summed E-state index contributed by atoms with van der Waals surface area (Å²) in [4.78, 5) is 52.7. The predicted octanol–water partition coefficient (Wildman–Crippen LogP) is 1.60. The highest BCUT2D eigenvalue weighted by Gasteiger charge is 2.21. The van der Waals surface area contributed by atoms with E-state index in [1.54, 1.807) is 24.3 Å². The minimum absolute atomic E-state index is 0.0477. The summed E-state index contributed by atoms with van der Waals surface area (Å²) in [7, 11) is 1.39. The lowest BCUT2D eigenvalue weighted by atomic mass is 10.2. The maximum Gasteiger partial charge on any atom is 0.330 e. The van der Waals surface area contributed by atoms with E-state index in [9.17, 15) is 19.2 Å². The van der Waals surface area contributed by atoms with Gasteiger partial charge >= 0.3 is 5.69 Å². The fourth-order valence-electron chi connectivity index (χ4n) is 3.10. The zero-order chi connectivity index (χ0) is 23.3. The lowest BCUT2D eigenvalue weighted by Gasteiger charge is -2.20. The fraction of sp³-hybridized carbons (Fsp3) is 0.182. The van der Waals surface area contributed by atoms with Crippen molar-refractivity contribution >= 4 is 34.9 Å². The van der Waals surface area contributed by atoms with E-state index in [-0.39, 0.29) is 36.9 Å². The van der Waals surface area contributed by atoms with Crippen molar-refractivity contribution in [1.29, 1.82) is 0 Å². The van der Waals surface area contributed by atoms with Gasteiger partial charge in [0.05, 0.1) is 6.54 Å². The van der Waals surface area contributed by atoms with Crippen LogP contribution in [-0.2, 0) is 11.3 Å². The van der Waals surface area contributed by atoms with Gasteiger partial charge in [0, 0.05) is 30.6 Å². The molecule has 0 atom stereocenters. The van der Waals surface area contributed by atoms with Crippen molar-refractivity contribution < 1.29 is 9.59 Å². The molecule has 3 aromatic rings. The van der Waals surface area contributed by atoms with E-state index >= 15 is 0 Å². The molecule has 2 amide bonds. The van der Waals surface area contributed by atoms with Gasteiger partial charge in [-0.15, -0.1) is 0 Å². The van der Waals surface area contributed by atoms with Crippen LogP contribution in [0.25, 0.3) is 0 Å². The van der Waals surface area contributed by atoms with Gasteiger partial charge in [-0.25, -0.2) is 4.79 Å². The Morgan fingerprint density at radius 1 is 1.09 bits per heavy atom. The molecule has 0 bridgehead atoms. The zero-order valence-corrected chi connectivity index (χ0v) is 18.1. The second kappa shape index (κ2) is 9.97. The molecule has 9 nitrogen and oxygen atoms in total. The third kappa shape index (κ3) is 5.25. The second-order valence-electron chi connectivity index (χ2n) is 7.03. The number of aromatic nitrogens is 2. The minimum Gasteiger partial charge on any atom is -0.383 e. The van der Waals surface area contributed by atoms with E-state index in [4.69, 9.17) is 17.3 Å². The molecular weight excluding hydrogens is 434 g/mol. The summed E-state index contributed by atoms with van der Waals surface area (Å²) in [5, 5.41) is 3.15. The number of nitrogens with zero attached hydrogens (tertiary/aromatic N) is 2. The number of aromatic amines is 1. The average molecular weight is 456 g/mol. The van der Waals surface area contributed by atoms with Crippen LogP contribution in [0.5, 0.6) is 0 Å². The zero-order valence-electron chi connectivity index (χ0n) is 17.3. The number of hydrogen-bond acceptors (Lipinski definition) is 5. The largest absolute Gasteiger partial charge is 0.383 e. The standard InChI is InChI=1S/C22H22ClN5O4/c1-27(17(29)11-12-25-20(30)15-7-9-16(23)10-8-15)18-19(24)28(22(32)26-21(18)31)13-14-5-3-2-4-6-14/h2-10H,11-13,24H2,1H3,(H,25,30)(H,26,31,32). The highest BCUT2D eigenvalue weighted by atomic mass is 35.5. The first-order chi connectivity index (χ1) is 15.3. The van der Waals surface area contributed by atoms with Crippen molar-refractivity contribution in [3.63, 3.8) is 0 Å².